The number of hydrogen-bond donors (Lipinski definition) is 0. The molecule has 0 spiro atoms. The molecule has 0 N–H and O–H groups in total. The summed E-state index contributed by atoms with van der Waals surface area (Å²) in [6.45, 7) is 7.14. The van der Waals surface area contributed by atoms with E-state index in [1.807, 2.05) is 0 Å². The van der Waals surface area contributed by atoms with E-state index in [-0.39, 0.29) is 5.91 Å². The molecule has 1 fully saturated rings. The van der Waals surface area contributed by atoms with Crippen LogP contribution in [0.2, 0.25) is 0 Å². The summed E-state index contributed by atoms with van der Waals surface area (Å²) < 4.78 is 0. The molecule has 2 unspecified atom stereocenters. The lowest BCUT2D eigenvalue weighted by molar-refractivity contribution is -0.134. The smallest absolute Gasteiger partial charge is 0.219 e. The molecular formula is C11H21NO. The van der Waals surface area contributed by atoms with Crippen LogP contribution in [0.25, 0.3) is 0 Å². The van der Waals surface area contributed by atoms with E-state index in [4.69, 9.17) is 0 Å². The minimum Gasteiger partial charge on any atom is -0.340 e. The molecule has 0 aromatic carbocycles. The molecule has 1 rings (SSSR count). The lowest BCUT2D eigenvalue weighted by Crippen LogP contribution is -2.46. The molecule has 76 valence electrons. The summed E-state index contributed by atoms with van der Waals surface area (Å²) in [6.07, 6.45) is 4.81. The Kier molecular flexibility index (Phi) is 3.76. The topological polar surface area (TPSA) is 20.3 Å². The molecule has 1 aliphatic heterocycles. The second-order valence-electron chi connectivity index (χ2n) is 4.19. The third-order valence-electron chi connectivity index (χ3n) is 3.10. The van der Waals surface area contributed by atoms with Gasteiger partial charge in [-0.3, -0.25) is 4.79 Å². The third kappa shape index (κ3) is 2.45. The summed E-state index contributed by atoms with van der Waals surface area (Å²) in [4.78, 5) is 13.4. The molecule has 0 aliphatic carbocycles. The Balaban J connectivity index is 2.62. The first-order valence-corrected chi connectivity index (χ1v) is 5.44. The predicted octanol–water partition coefficient (Wildman–Crippen LogP) is 2.43. The van der Waals surface area contributed by atoms with E-state index in [2.05, 4.69) is 18.7 Å². The first-order chi connectivity index (χ1) is 6.16. The van der Waals surface area contributed by atoms with Gasteiger partial charge in [0.25, 0.3) is 0 Å². The van der Waals surface area contributed by atoms with Crippen LogP contribution in [-0.2, 0) is 4.79 Å². The third-order valence-corrected chi connectivity index (χ3v) is 3.10. The van der Waals surface area contributed by atoms with E-state index < -0.39 is 0 Å². The average Bonchev–Trinajstić information content (AvgIpc) is 2.08. The standard InChI is InChI=1S/C11H21NO/c1-4-6-11-9(2)7-5-8-12(11)10(3)13/h9,11H,4-8H2,1-3H3. The van der Waals surface area contributed by atoms with Gasteiger partial charge >= 0.3 is 0 Å². The van der Waals surface area contributed by atoms with E-state index in [1.165, 1.54) is 25.7 Å². The van der Waals surface area contributed by atoms with Gasteiger partial charge < -0.3 is 4.90 Å². The average molecular weight is 183 g/mol. The minimum atomic E-state index is 0.255. The zero-order valence-corrected chi connectivity index (χ0v) is 9.05. The number of rotatable bonds is 2. The molecule has 2 nitrogen and oxygen atoms in total. The van der Waals surface area contributed by atoms with Crippen molar-refractivity contribution in [2.24, 2.45) is 5.92 Å². The normalized spacial score (nSPS) is 29.0. The van der Waals surface area contributed by atoms with Crippen molar-refractivity contribution < 1.29 is 4.79 Å². The molecule has 1 saturated heterocycles. The van der Waals surface area contributed by atoms with Crippen molar-refractivity contribution in [1.29, 1.82) is 0 Å². The first kappa shape index (κ1) is 10.6. The fourth-order valence-electron chi connectivity index (χ4n) is 2.38. The molecule has 1 amide bonds. The van der Waals surface area contributed by atoms with Crippen LogP contribution >= 0.6 is 0 Å². The van der Waals surface area contributed by atoms with Crippen LogP contribution in [0.5, 0.6) is 0 Å². The molecule has 2 atom stereocenters. The Bertz CT molecular complexity index is 179. The zero-order valence-electron chi connectivity index (χ0n) is 9.05. The van der Waals surface area contributed by atoms with Crippen LogP contribution < -0.4 is 0 Å². The number of carbonyl (C=O) groups excluding carboxylic acids is 1. The molecule has 0 saturated carbocycles. The van der Waals surface area contributed by atoms with Gasteiger partial charge in [-0.2, -0.15) is 0 Å². The Labute approximate surface area is 81.3 Å². The van der Waals surface area contributed by atoms with E-state index in [0.717, 1.165) is 6.54 Å². The molecule has 1 heterocycles. The van der Waals surface area contributed by atoms with Crippen molar-refractivity contribution in [2.75, 3.05) is 6.54 Å². The van der Waals surface area contributed by atoms with Gasteiger partial charge in [0, 0.05) is 19.5 Å². The fourth-order valence-corrected chi connectivity index (χ4v) is 2.38. The van der Waals surface area contributed by atoms with Gasteiger partial charge in [0.05, 0.1) is 0 Å². The highest BCUT2D eigenvalue weighted by atomic mass is 16.2. The van der Waals surface area contributed by atoms with Gasteiger partial charge in [0.15, 0.2) is 0 Å². The van der Waals surface area contributed by atoms with Gasteiger partial charge in [-0.1, -0.05) is 20.3 Å². The second kappa shape index (κ2) is 4.64. The number of carbonyl (C=O) groups is 1. The number of nitrogens with zero attached hydrogens (tertiary/aromatic N) is 1. The van der Waals surface area contributed by atoms with Gasteiger partial charge in [-0.25, -0.2) is 0 Å². The van der Waals surface area contributed by atoms with E-state index in [1.54, 1.807) is 6.92 Å². The fraction of sp³-hybridized carbons (Fsp3) is 0.909. The van der Waals surface area contributed by atoms with Crippen molar-refractivity contribution in [3.8, 4) is 0 Å². The van der Waals surface area contributed by atoms with Crippen molar-refractivity contribution in [1.82, 2.24) is 4.90 Å². The van der Waals surface area contributed by atoms with Crippen LogP contribution in [0.4, 0.5) is 0 Å². The molecule has 0 radical (unpaired) electrons. The highest BCUT2D eigenvalue weighted by molar-refractivity contribution is 5.73. The molecular weight excluding hydrogens is 162 g/mol. The lowest BCUT2D eigenvalue weighted by Gasteiger charge is -2.39. The van der Waals surface area contributed by atoms with Gasteiger partial charge in [0.2, 0.25) is 5.91 Å². The summed E-state index contributed by atoms with van der Waals surface area (Å²) in [6, 6.07) is 0.510. The van der Waals surface area contributed by atoms with Gasteiger partial charge in [-0.15, -0.1) is 0 Å². The first-order valence-electron chi connectivity index (χ1n) is 5.44. The number of amides is 1. The van der Waals surface area contributed by atoms with Gasteiger partial charge in [0.1, 0.15) is 0 Å². The van der Waals surface area contributed by atoms with Crippen LogP contribution in [-0.4, -0.2) is 23.4 Å². The Morgan fingerprint density at radius 3 is 2.77 bits per heavy atom. The summed E-state index contributed by atoms with van der Waals surface area (Å²) in [7, 11) is 0. The zero-order chi connectivity index (χ0) is 9.84. The second-order valence-corrected chi connectivity index (χ2v) is 4.19. The van der Waals surface area contributed by atoms with Crippen LogP contribution in [0, 0.1) is 5.92 Å². The van der Waals surface area contributed by atoms with Crippen molar-refractivity contribution in [3.63, 3.8) is 0 Å². The molecule has 0 aromatic heterocycles. The van der Waals surface area contributed by atoms with Gasteiger partial charge in [-0.05, 0) is 25.2 Å². The van der Waals surface area contributed by atoms with Crippen LogP contribution in [0.1, 0.15) is 46.5 Å². The monoisotopic (exact) mass is 183 g/mol. The highest BCUT2D eigenvalue weighted by Gasteiger charge is 2.28. The summed E-state index contributed by atoms with van der Waals surface area (Å²) >= 11 is 0. The van der Waals surface area contributed by atoms with Crippen LogP contribution in [0.15, 0.2) is 0 Å². The largest absolute Gasteiger partial charge is 0.340 e. The van der Waals surface area contributed by atoms with E-state index in [0.29, 0.717) is 12.0 Å². The van der Waals surface area contributed by atoms with Crippen molar-refractivity contribution in [2.45, 2.75) is 52.5 Å². The van der Waals surface area contributed by atoms with Crippen LogP contribution in [0.3, 0.4) is 0 Å². The number of hydrogen-bond acceptors (Lipinski definition) is 1. The molecule has 0 aromatic rings. The maximum Gasteiger partial charge on any atom is 0.219 e. The number of likely N-dealkylation sites (tertiary alicyclic amines) is 1. The lowest BCUT2D eigenvalue weighted by atomic mass is 9.88. The van der Waals surface area contributed by atoms with E-state index >= 15 is 0 Å². The predicted molar refractivity (Wildman–Crippen MR) is 54.5 cm³/mol. The maximum atomic E-state index is 11.4. The summed E-state index contributed by atoms with van der Waals surface area (Å²) in [5.41, 5.74) is 0. The van der Waals surface area contributed by atoms with Crippen molar-refractivity contribution in [3.05, 3.63) is 0 Å². The quantitative estimate of drug-likeness (QED) is 0.644. The van der Waals surface area contributed by atoms with Crippen molar-refractivity contribution >= 4 is 5.91 Å². The Morgan fingerprint density at radius 2 is 2.23 bits per heavy atom. The SMILES string of the molecule is CCCC1C(C)CCCN1C(C)=O. The summed E-state index contributed by atoms with van der Waals surface area (Å²) in [5.74, 6) is 0.947. The summed E-state index contributed by atoms with van der Waals surface area (Å²) in [5, 5.41) is 0. The molecule has 13 heavy (non-hydrogen) atoms. The van der Waals surface area contributed by atoms with E-state index in [9.17, 15) is 4.79 Å². The maximum absolute atomic E-state index is 11.4. The molecule has 2 heteroatoms. The molecule has 0 bridgehead atoms. The Hall–Kier alpha value is -0.530. The molecule has 1 aliphatic rings. The minimum absolute atomic E-state index is 0.255. The Morgan fingerprint density at radius 1 is 1.54 bits per heavy atom. The highest BCUT2D eigenvalue weighted by Crippen LogP contribution is 2.26. The number of piperidine rings is 1.